The number of hydrogen-bond donors (Lipinski definition) is 1. The topological polar surface area (TPSA) is 43.1 Å². The summed E-state index contributed by atoms with van der Waals surface area (Å²) in [7, 11) is -0.915. The zero-order valence-electron chi connectivity index (χ0n) is 8.91. The van der Waals surface area contributed by atoms with Gasteiger partial charge in [0, 0.05) is 16.3 Å². The highest BCUT2D eigenvalue weighted by Gasteiger charge is 2.10. The first-order valence-corrected chi connectivity index (χ1v) is 6.07. The first-order chi connectivity index (χ1) is 6.52. The SMILES string of the molecule is Cc1c(N)cccc1S(=O)CC(C)C. The first-order valence-electron chi connectivity index (χ1n) is 4.76. The fourth-order valence-electron chi connectivity index (χ4n) is 1.27. The summed E-state index contributed by atoms with van der Waals surface area (Å²) < 4.78 is 11.9. The van der Waals surface area contributed by atoms with Gasteiger partial charge in [0.1, 0.15) is 0 Å². The Balaban J connectivity index is 2.96. The zero-order chi connectivity index (χ0) is 10.7. The molecule has 1 aromatic rings. The van der Waals surface area contributed by atoms with E-state index in [-0.39, 0.29) is 0 Å². The number of hydrogen-bond acceptors (Lipinski definition) is 2. The fraction of sp³-hybridized carbons (Fsp3) is 0.455. The number of benzene rings is 1. The molecule has 0 saturated carbocycles. The van der Waals surface area contributed by atoms with Crippen molar-refractivity contribution in [3.05, 3.63) is 23.8 Å². The Bertz CT molecular complexity index is 347. The minimum atomic E-state index is -0.915. The van der Waals surface area contributed by atoms with Crippen LogP contribution in [0.25, 0.3) is 0 Å². The average Bonchev–Trinajstić information content (AvgIpc) is 2.08. The third-order valence-corrected chi connectivity index (χ3v) is 3.96. The molecule has 1 unspecified atom stereocenters. The van der Waals surface area contributed by atoms with E-state index in [4.69, 9.17) is 5.73 Å². The van der Waals surface area contributed by atoms with E-state index < -0.39 is 10.8 Å². The Hall–Kier alpha value is -0.830. The van der Waals surface area contributed by atoms with Crippen LogP contribution in [-0.2, 0) is 10.8 Å². The van der Waals surface area contributed by atoms with Crippen molar-refractivity contribution in [1.82, 2.24) is 0 Å². The molecule has 1 rings (SSSR count). The summed E-state index contributed by atoms with van der Waals surface area (Å²) in [4.78, 5) is 0.874. The van der Waals surface area contributed by atoms with Gasteiger partial charge in [-0.05, 0) is 30.5 Å². The van der Waals surface area contributed by atoms with Crippen LogP contribution < -0.4 is 5.73 Å². The molecule has 2 nitrogen and oxygen atoms in total. The molecule has 2 N–H and O–H groups in total. The largest absolute Gasteiger partial charge is 0.398 e. The molecule has 0 saturated heterocycles. The van der Waals surface area contributed by atoms with Crippen LogP contribution in [0.2, 0.25) is 0 Å². The summed E-state index contributed by atoms with van der Waals surface area (Å²) in [5, 5.41) is 0. The molecule has 1 aromatic carbocycles. The molecule has 0 bridgehead atoms. The Kier molecular flexibility index (Phi) is 3.69. The molecule has 0 radical (unpaired) electrons. The molecular formula is C11H17NOS. The second-order valence-corrected chi connectivity index (χ2v) is 5.34. The summed E-state index contributed by atoms with van der Waals surface area (Å²) in [6.07, 6.45) is 0. The standard InChI is InChI=1S/C11H17NOS/c1-8(2)7-14(13)11-6-4-5-10(12)9(11)3/h4-6,8H,7,12H2,1-3H3. The Morgan fingerprint density at radius 3 is 2.64 bits per heavy atom. The maximum atomic E-state index is 11.9. The van der Waals surface area contributed by atoms with Crippen molar-refractivity contribution in [2.45, 2.75) is 25.7 Å². The molecule has 3 heteroatoms. The van der Waals surface area contributed by atoms with Crippen molar-refractivity contribution in [3.8, 4) is 0 Å². The summed E-state index contributed by atoms with van der Waals surface area (Å²) in [6.45, 7) is 6.06. The highest BCUT2D eigenvalue weighted by Crippen LogP contribution is 2.20. The van der Waals surface area contributed by atoms with E-state index in [1.807, 2.05) is 25.1 Å². The van der Waals surface area contributed by atoms with E-state index in [1.165, 1.54) is 0 Å². The minimum Gasteiger partial charge on any atom is -0.398 e. The number of anilines is 1. The van der Waals surface area contributed by atoms with Gasteiger partial charge in [-0.3, -0.25) is 4.21 Å². The van der Waals surface area contributed by atoms with Gasteiger partial charge in [-0.2, -0.15) is 0 Å². The van der Waals surface area contributed by atoms with Crippen molar-refractivity contribution in [2.24, 2.45) is 5.92 Å². The predicted molar refractivity (Wildman–Crippen MR) is 61.7 cm³/mol. The lowest BCUT2D eigenvalue weighted by molar-refractivity contribution is 0.664. The lowest BCUT2D eigenvalue weighted by atomic mass is 10.2. The van der Waals surface area contributed by atoms with Crippen molar-refractivity contribution in [3.63, 3.8) is 0 Å². The third-order valence-electron chi connectivity index (χ3n) is 2.06. The lowest BCUT2D eigenvalue weighted by Crippen LogP contribution is -2.07. The van der Waals surface area contributed by atoms with E-state index in [0.29, 0.717) is 11.7 Å². The quantitative estimate of drug-likeness (QED) is 0.780. The monoisotopic (exact) mass is 211 g/mol. The highest BCUT2D eigenvalue weighted by atomic mass is 32.2. The van der Waals surface area contributed by atoms with Crippen molar-refractivity contribution >= 4 is 16.5 Å². The minimum absolute atomic E-state index is 0.441. The predicted octanol–water partition coefficient (Wildman–Crippen LogP) is 2.34. The van der Waals surface area contributed by atoms with Crippen LogP contribution in [0.3, 0.4) is 0 Å². The molecule has 0 heterocycles. The number of nitrogen functional groups attached to an aromatic ring is 1. The van der Waals surface area contributed by atoms with Gasteiger partial charge in [-0.15, -0.1) is 0 Å². The van der Waals surface area contributed by atoms with Crippen LogP contribution in [-0.4, -0.2) is 9.96 Å². The normalized spacial score (nSPS) is 13.1. The number of nitrogens with two attached hydrogens (primary N) is 1. The van der Waals surface area contributed by atoms with Crippen LogP contribution in [0.1, 0.15) is 19.4 Å². The van der Waals surface area contributed by atoms with Crippen molar-refractivity contribution in [2.75, 3.05) is 11.5 Å². The molecule has 0 fully saturated rings. The van der Waals surface area contributed by atoms with E-state index >= 15 is 0 Å². The fourth-order valence-corrected chi connectivity index (χ4v) is 2.75. The maximum absolute atomic E-state index is 11.9. The molecule has 0 aliphatic rings. The van der Waals surface area contributed by atoms with Crippen LogP contribution in [0.4, 0.5) is 5.69 Å². The van der Waals surface area contributed by atoms with Crippen molar-refractivity contribution in [1.29, 1.82) is 0 Å². The van der Waals surface area contributed by atoms with Gasteiger partial charge in [0.25, 0.3) is 0 Å². The average molecular weight is 211 g/mol. The summed E-state index contributed by atoms with van der Waals surface area (Å²) in [6, 6.07) is 5.59. The maximum Gasteiger partial charge on any atom is 0.0535 e. The van der Waals surface area contributed by atoms with E-state index in [9.17, 15) is 4.21 Å². The Morgan fingerprint density at radius 1 is 1.43 bits per heavy atom. The molecular weight excluding hydrogens is 194 g/mol. The molecule has 0 aromatic heterocycles. The van der Waals surface area contributed by atoms with Crippen molar-refractivity contribution < 1.29 is 4.21 Å². The molecule has 0 aliphatic carbocycles. The summed E-state index contributed by atoms with van der Waals surface area (Å²) >= 11 is 0. The summed E-state index contributed by atoms with van der Waals surface area (Å²) in [5.74, 6) is 1.14. The van der Waals surface area contributed by atoms with E-state index in [1.54, 1.807) is 0 Å². The molecule has 0 aliphatic heterocycles. The van der Waals surface area contributed by atoms with Crippen LogP contribution in [0.15, 0.2) is 23.1 Å². The van der Waals surface area contributed by atoms with Crippen LogP contribution >= 0.6 is 0 Å². The van der Waals surface area contributed by atoms with E-state index in [2.05, 4.69) is 13.8 Å². The molecule has 1 atom stereocenters. The van der Waals surface area contributed by atoms with Gasteiger partial charge in [0.15, 0.2) is 0 Å². The second-order valence-electron chi connectivity index (χ2n) is 3.88. The van der Waals surface area contributed by atoms with Gasteiger partial charge in [0.2, 0.25) is 0 Å². The van der Waals surface area contributed by atoms with E-state index in [0.717, 1.165) is 16.1 Å². The molecule has 0 amide bonds. The summed E-state index contributed by atoms with van der Waals surface area (Å²) in [5.41, 5.74) is 7.43. The van der Waals surface area contributed by atoms with Gasteiger partial charge in [-0.1, -0.05) is 19.9 Å². The lowest BCUT2D eigenvalue weighted by Gasteiger charge is -2.09. The van der Waals surface area contributed by atoms with Crippen LogP contribution in [0.5, 0.6) is 0 Å². The zero-order valence-corrected chi connectivity index (χ0v) is 9.73. The van der Waals surface area contributed by atoms with Gasteiger partial charge in [-0.25, -0.2) is 0 Å². The molecule has 14 heavy (non-hydrogen) atoms. The Labute approximate surface area is 88.0 Å². The second kappa shape index (κ2) is 4.60. The number of rotatable bonds is 3. The molecule has 78 valence electrons. The highest BCUT2D eigenvalue weighted by molar-refractivity contribution is 7.85. The van der Waals surface area contributed by atoms with Gasteiger partial charge in [0.05, 0.1) is 10.8 Å². The third kappa shape index (κ3) is 2.58. The van der Waals surface area contributed by atoms with Gasteiger partial charge >= 0.3 is 0 Å². The van der Waals surface area contributed by atoms with Crippen LogP contribution in [0, 0.1) is 12.8 Å². The van der Waals surface area contributed by atoms with Gasteiger partial charge < -0.3 is 5.73 Å². The Morgan fingerprint density at radius 2 is 2.07 bits per heavy atom. The molecule has 0 spiro atoms. The smallest absolute Gasteiger partial charge is 0.0535 e. The first kappa shape index (κ1) is 11.2.